The number of rotatable bonds is 3. The summed E-state index contributed by atoms with van der Waals surface area (Å²) in [5, 5.41) is 2.83. The molecule has 1 aliphatic heterocycles. The largest absolute Gasteiger partial charge is 0.348 e. The van der Waals surface area contributed by atoms with Crippen molar-refractivity contribution in [2.45, 2.75) is 19.4 Å². The van der Waals surface area contributed by atoms with Crippen molar-refractivity contribution < 1.29 is 4.79 Å². The van der Waals surface area contributed by atoms with E-state index in [1.54, 1.807) is 0 Å². The van der Waals surface area contributed by atoms with Gasteiger partial charge in [-0.2, -0.15) is 0 Å². The molecule has 2 nitrogen and oxygen atoms in total. The summed E-state index contributed by atoms with van der Waals surface area (Å²) < 4.78 is 0. The minimum absolute atomic E-state index is 0.0488. The van der Waals surface area contributed by atoms with Crippen LogP contribution in [0.25, 0.3) is 0 Å². The molecule has 0 unspecified atom stereocenters. The van der Waals surface area contributed by atoms with Crippen molar-refractivity contribution in [1.29, 1.82) is 0 Å². The third-order valence-electron chi connectivity index (χ3n) is 2.52. The van der Waals surface area contributed by atoms with Crippen LogP contribution in [-0.4, -0.2) is 11.8 Å². The molecule has 1 amide bonds. The quantitative estimate of drug-likeness (QED) is 0.759. The van der Waals surface area contributed by atoms with Gasteiger partial charge in [-0.15, -0.1) is 11.6 Å². The average molecular weight is 210 g/mol. The molecule has 0 radical (unpaired) electrons. The Labute approximate surface area is 88.3 Å². The fourth-order valence-electron chi connectivity index (χ4n) is 1.81. The minimum atomic E-state index is 0.0488. The van der Waals surface area contributed by atoms with Crippen LogP contribution >= 0.6 is 11.6 Å². The number of carbonyl (C=O) groups is 1. The van der Waals surface area contributed by atoms with Crippen molar-refractivity contribution in [2.24, 2.45) is 0 Å². The summed E-state index contributed by atoms with van der Waals surface area (Å²) in [5.41, 5.74) is 3.24. The van der Waals surface area contributed by atoms with Gasteiger partial charge < -0.3 is 5.32 Å². The van der Waals surface area contributed by atoms with Crippen molar-refractivity contribution in [3.63, 3.8) is 0 Å². The minimum Gasteiger partial charge on any atom is -0.348 e. The topological polar surface area (TPSA) is 29.1 Å². The van der Waals surface area contributed by atoms with Crippen LogP contribution in [0.4, 0.5) is 0 Å². The monoisotopic (exact) mass is 209 g/mol. The molecule has 0 saturated heterocycles. The van der Waals surface area contributed by atoms with Crippen LogP contribution in [0, 0.1) is 0 Å². The number of carbonyl (C=O) groups excluding carboxylic acids is 1. The molecule has 1 aliphatic rings. The highest BCUT2D eigenvalue weighted by Crippen LogP contribution is 2.20. The average Bonchev–Trinajstić information content (AvgIpc) is 2.58. The number of benzene rings is 1. The van der Waals surface area contributed by atoms with E-state index in [2.05, 4.69) is 11.4 Å². The van der Waals surface area contributed by atoms with Gasteiger partial charge in [-0.1, -0.05) is 12.1 Å². The number of hydrogen-bond donors (Lipinski definition) is 1. The van der Waals surface area contributed by atoms with Gasteiger partial charge in [0.15, 0.2) is 0 Å². The van der Waals surface area contributed by atoms with E-state index in [1.807, 2.05) is 12.1 Å². The van der Waals surface area contributed by atoms with Gasteiger partial charge in [0.2, 0.25) is 0 Å². The van der Waals surface area contributed by atoms with Crippen LogP contribution in [0.3, 0.4) is 0 Å². The van der Waals surface area contributed by atoms with E-state index in [1.165, 1.54) is 5.56 Å². The second-order valence-corrected chi connectivity index (χ2v) is 3.80. The van der Waals surface area contributed by atoms with Gasteiger partial charge in [-0.3, -0.25) is 4.79 Å². The smallest absolute Gasteiger partial charge is 0.251 e. The Morgan fingerprint density at radius 2 is 2.29 bits per heavy atom. The van der Waals surface area contributed by atoms with E-state index in [-0.39, 0.29) is 5.91 Å². The molecule has 0 atom stereocenters. The molecule has 0 fully saturated rings. The number of nitrogens with one attached hydrogen (secondary N) is 1. The molecule has 0 aromatic heterocycles. The SMILES string of the molecule is O=C1NCc2c(CCCCl)cccc21. The summed E-state index contributed by atoms with van der Waals surface area (Å²) in [6.07, 6.45) is 1.92. The predicted molar refractivity (Wildman–Crippen MR) is 56.7 cm³/mol. The lowest BCUT2D eigenvalue weighted by molar-refractivity contribution is 0.0966. The van der Waals surface area contributed by atoms with E-state index < -0.39 is 0 Å². The number of halogens is 1. The zero-order chi connectivity index (χ0) is 9.97. The van der Waals surface area contributed by atoms with E-state index in [0.29, 0.717) is 12.4 Å². The molecular weight excluding hydrogens is 198 g/mol. The summed E-state index contributed by atoms with van der Waals surface area (Å²) in [6, 6.07) is 5.89. The maximum Gasteiger partial charge on any atom is 0.251 e. The molecule has 0 spiro atoms. The van der Waals surface area contributed by atoms with Gasteiger partial charge in [0.05, 0.1) is 0 Å². The van der Waals surface area contributed by atoms with E-state index in [4.69, 9.17) is 11.6 Å². The molecule has 1 N–H and O–H groups in total. The Bertz CT molecular complexity index is 362. The Hall–Kier alpha value is -1.02. The van der Waals surface area contributed by atoms with Gasteiger partial charge in [-0.05, 0) is 30.0 Å². The Balaban J connectivity index is 2.29. The highest BCUT2D eigenvalue weighted by Gasteiger charge is 2.20. The molecule has 1 aromatic carbocycles. The molecular formula is C11H12ClNO. The number of amides is 1. The molecule has 0 saturated carbocycles. The summed E-state index contributed by atoms with van der Waals surface area (Å²) in [7, 11) is 0. The summed E-state index contributed by atoms with van der Waals surface area (Å²) >= 11 is 5.65. The van der Waals surface area contributed by atoms with Crippen molar-refractivity contribution in [3.05, 3.63) is 34.9 Å². The zero-order valence-corrected chi connectivity index (χ0v) is 8.60. The summed E-state index contributed by atoms with van der Waals surface area (Å²) in [5.74, 6) is 0.720. The fraction of sp³-hybridized carbons (Fsp3) is 0.364. The maximum absolute atomic E-state index is 11.4. The third-order valence-corrected chi connectivity index (χ3v) is 2.79. The van der Waals surface area contributed by atoms with Crippen LogP contribution in [-0.2, 0) is 13.0 Å². The first kappa shape index (κ1) is 9.53. The van der Waals surface area contributed by atoms with Crippen molar-refractivity contribution in [3.8, 4) is 0 Å². The van der Waals surface area contributed by atoms with Crippen LogP contribution < -0.4 is 5.32 Å². The first-order chi connectivity index (χ1) is 6.83. The van der Waals surface area contributed by atoms with E-state index in [9.17, 15) is 4.79 Å². The van der Waals surface area contributed by atoms with Crippen molar-refractivity contribution in [2.75, 3.05) is 5.88 Å². The number of fused-ring (bicyclic) bond motifs is 1. The summed E-state index contributed by atoms with van der Waals surface area (Å²) in [6.45, 7) is 0.673. The fourth-order valence-corrected chi connectivity index (χ4v) is 1.95. The summed E-state index contributed by atoms with van der Waals surface area (Å²) in [4.78, 5) is 11.4. The Kier molecular flexibility index (Phi) is 2.73. The van der Waals surface area contributed by atoms with Gasteiger partial charge in [0.1, 0.15) is 0 Å². The van der Waals surface area contributed by atoms with Crippen LogP contribution in [0.5, 0.6) is 0 Å². The van der Waals surface area contributed by atoms with Gasteiger partial charge >= 0.3 is 0 Å². The second kappa shape index (κ2) is 4.01. The Morgan fingerprint density at radius 1 is 1.43 bits per heavy atom. The lowest BCUT2D eigenvalue weighted by Gasteiger charge is -2.04. The Morgan fingerprint density at radius 3 is 3.07 bits per heavy atom. The molecule has 74 valence electrons. The van der Waals surface area contributed by atoms with Crippen LogP contribution in [0.2, 0.25) is 0 Å². The molecule has 2 rings (SSSR count). The lowest BCUT2D eigenvalue weighted by Crippen LogP contribution is -2.12. The van der Waals surface area contributed by atoms with Gasteiger partial charge in [0.25, 0.3) is 5.91 Å². The van der Waals surface area contributed by atoms with Gasteiger partial charge in [-0.25, -0.2) is 0 Å². The molecule has 0 bridgehead atoms. The predicted octanol–water partition coefficient (Wildman–Crippen LogP) is 2.10. The standard InChI is InChI=1S/C11H12ClNO/c12-6-2-4-8-3-1-5-9-10(8)7-13-11(9)14/h1,3,5H,2,4,6-7H2,(H,13,14). The molecule has 1 heterocycles. The van der Waals surface area contributed by atoms with Crippen LogP contribution in [0.15, 0.2) is 18.2 Å². The normalized spacial score (nSPS) is 13.9. The molecule has 1 aromatic rings. The van der Waals surface area contributed by atoms with Crippen molar-refractivity contribution >= 4 is 17.5 Å². The van der Waals surface area contributed by atoms with Crippen molar-refractivity contribution in [1.82, 2.24) is 5.32 Å². The second-order valence-electron chi connectivity index (χ2n) is 3.42. The third kappa shape index (κ3) is 1.62. The number of aryl methyl sites for hydroxylation is 1. The highest BCUT2D eigenvalue weighted by atomic mass is 35.5. The molecule has 14 heavy (non-hydrogen) atoms. The van der Waals surface area contributed by atoms with E-state index >= 15 is 0 Å². The van der Waals surface area contributed by atoms with E-state index in [0.717, 1.165) is 24.0 Å². The zero-order valence-electron chi connectivity index (χ0n) is 7.85. The number of alkyl halides is 1. The van der Waals surface area contributed by atoms with Crippen LogP contribution in [0.1, 0.15) is 27.9 Å². The highest BCUT2D eigenvalue weighted by molar-refractivity contribution is 6.17. The molecule has 0 aliphatic carbocycles. The first-order valence-corrected chi connectivity index (χ1v) is 5.31. The van der Waals surface area contributed by atoms with Gasteiger partial charge in [0, 0.05) is 18.0 Å². The maximum atomic E-state index is 11.4. The number of hydrogen-bond acceptors (Lipinski definition) is 1. The first-order valence-electron chi connectivity index (χ1n) is 4.78. The lowest BCUT2D eigenvalue weighted by atomic mass is 10.00. The molecule has 3 heteroatoms.